The van der Waals surface area contributed by atoms with Crippen molar-refractivity contribution in [3.8, 4) is 0 Å². The van der Waals surface area contributed by atoms with Crippen LogP contribution in [0, 0.1) is 0 Å². The van der Waals surface area contributed by atoms with Gasteiger partial charge in [-0.05, 0) is 70.6 Å². The molecule has 0 aromatic rings. The van der Waals surface area contributed by atoms with Crippen LogP contribution in [-0.2, 0) is 28.2 Å². The minimum absolute atomic E-state index is 0.172. The summed E-state index contributed by atoms with van der Waals surface area (Å²) in [4.78, 5) is 42.6. The van der Waals surface area contributed by atoms with Gasteiger partial charge in [-0.3, -0.25) is 14.1 Å². The van der Waals surface area contributed by atoms with E-state index in [4.69, 9.17) is 19.3 Å². The summed E-state index contributed by atoms with van der Waals surface area (Å²) in [6.45, 7) is 3.42. The number of hydrogen-bond donors (Lipinski definition) is 2. The van der Waals surface area contributed by atoms with Crippen molar-refractivity contribution in [3.63, 3.8) is 0 Å². The van der Waals surface area contributed by atoms with Crippen LogP contribution in [0.25, 0.3) is 0 Å². The van der Waals surface area contributed by atoms with E-state index in [1.807, 2.05) is 24.3 Å². The topological polar surface area (TPSA) is 119 Å². The normalized spacial score (nSPS) is 13.5. The fourth-order valence-electron chi connectivity index (χ4n) is 4.30. The van der Waals surface area contributed by atoms with Crippen molar-refractivity contribution < 1.29 is 37.9 Å². The summed E-state index contributed by atoms with van der Waals surface area (Å²) in [5.41, 5.74) is 0. The van der Waals surface area contributed by atoms with Gasteiger partial charge in [-0.2, -0.15) is 0 Å². The Labute approximate surface area is 291 Å². The van der Waals surface area contributed by atoms with E-state index in [2.05, 4.69) is 79.1 Å². The largest absolute Gasteiger partial charge is 0.469 e. The second-order valence-electron chi connectivity index (χ2n) is 11.5. The predicted octanol–water partition coefficient (Wildman–Crippen LogP) is 10.5. The molecule has 2 N–H and O–H groups in total. The first-order valence-corrected chi connectivity index (χ1v) is 19.4. The zero-order valence-electron chi connectivity index (χ0n) is 29.6. The lowest BCUT2D eigenvalue weighted by molar-refractivity contribution is -0.161. The van der Waals surface area contributed by atoms with Crippen molar-refractivity contribution >= 4 is 19.8 Å². The molecule has 0 aliphatic carbocycles. The van der Waals surface area contributed by atoms with Crippen molar-refractivity contribution in [3.05, 3.63) is 85.1 Å². The third-order valence-corrected chi connectivity index (χ3v) is 7.44. The first-order chi connectivity index (χ1) is 23.3. The third kappa shape index (κ3) is 36.1. The van der Waals surface area contributed by atoms with Crippen molar-refractivity contribution in [1.82, 2.24) is 0 Å². The Balaban J connectivity index is 4.15. The first-order valence-electron chi connectivity index (χ1n) is 17.9. The number of hydrogen-bond acceptors (Lipinski definition) is 6. The van der Waals surface area contributed by atoms with Crippen LogP contribution in [0.1, 0.15) is 129 Å². The van der Waals surface area contributed by atoms with E-state index in [9.17, 15) is 14.2 Å². The number of ether oxygens (including phenoxy) is 2. The highest BCUT2D eigenvalue weighted by molar-refractivity contribution is 7.46. The van der Waals surface area contributed by atoms with Gasteiger partial charge < -0.3 is 19.3 Å². The van der Waals surface area contributed by atoms with Gasteiger partial charge in [0, 0.05) is 12.8 Å². The molecule has 1 atom stereocenters. The summed E-state index contributed by atoms with van der Waals surface area (Å²) in [6, 6.07) is 0. The summed E-state index contributed by atoms with van der Waals surface area (Å²) >= 11 is 0. The van der Waals surface area contributed by atoms with Gasteiger partial charge in [0.25, 0.3) is 0 Å². The number of carbonyl (C=O) groups excluding carboxylic acids is 2. The van der Waals surface area contributed by atoms with E-state index in [-0.39, 0.29) is 19.4 Å². The Morgan fingerprint density at radius 1 is 0.583 bits per heavy atom. The number of phosphoric ester groups is 1. The fraction of sp³-hybridized carbons (Fsp3) is 0.590. The van der Waals surface area contributed by atoms with Gasteiger partial charge in [0.1, 0.15) is 6.61 Å². The average Bonchev–Trinajstić information content (AvgIpc) is 3.05. The van der Waals surface area contributed by atoms with Gasteiger partial charge in [-0.1, -0.05) is 131 Å². The van der Waals surface area contributed by atoms with Crippen LogP contribution in [0.2, 0.25) is 0 Å². The zero-order valence-corrected chi connectivity index (χ0v) is 30.5. The SMILES string of the molecule is CC/C=C/C=C/C=C/CCCCCCCC(=O)OC(COC(=O)CCC/C=C/C/C=C/C/C=C/C/C=C/CCCCC)COP(=O)(O)O. The molecule has 0 saturated carbocycles. The second-order valence-corrected chi connectivity index (χ2v) is 12.8. The van der Waals surface area contributed by atoms with Crippen LogP contribution in [-0.4, -0.2) is 41.0 Å². The smallest absolute Gasteiger partial charge is 0.462 e. The maximum Gasteiger partial charge on any atom is 0.469 e. The molecule has 8 nitrogen and oxygen atoms in total. The van der Waals surface area contributed by atoms with E-state index in [0.29, 0.717) is 12.8 Å². The van der Waals surface area contributed by atoms with Crippen molar-refractivity contribution in [1.29, 1.82) is 0 Å². The maximum atomic E-state index is 12.3. The highest BCUT2D eigenvalue weighted by Gasteiger charge is 2.22. The molecule has 48 heavy (non-hydrogen) atoms. The van der Waals surface area contributed by atoms with Crippen molar-refractivity contribution in [2.75, 3.05) is 13.2 Å². The predicted molar refractivity (Wildman–Crippen MR) is 197 cm³/mol. The van der Waals surface area contributed by atoms with Crippen LogP contribution < -0.4 is 0 Å². The third-order valence-electron chi connectivity index (χ3n) is 6.96. The molecule has 0 heterocycles. The molecule has 0 aliphatic heterocycles. The summed E-state index contributed by atoms with van der Waals surface area (Å²) in [6.07, 6.45) is 44.5. The van der Waals surface area contributed by atoms with E-state index in [1.165, 1.54) is 25.7 Å². The van der Waals surface area contributed by atoms with Crippen molar-refractivity contribution in [2.45, 2.75) is 136 Å². The van der Waals surface area contributed by atoms with E-state index in [1.54, 1.807) is 0 Å². The molecule has 0 radical (unpaired) electrons. The quantitative estimate of drug-likeness (QED) is 0.0242. The molecule has 0 bridgehead atoms. The number of esters is 2. The summed E-state index contributed by atoms with van der Waals surface area (Å²) < 4.78 is 26.2. The van der Waals surface area contributed by atoms with E-state index >= 15 is 0 Å². The molecule has 0 fully saturated rings. The number of carbonyl (C=O) groups is 2. The molecule has 272 valence electrons. The summed E-state index contributed by atoms with van der Waals surface area (Å²) in [5.74, 6) is -0.986. The lowest BCUT2D eigenvalue weighted by Gasteiger charge is -2.18. The van der Waals surface area contributed by atoms with Gasteiger partial charge in [-0.15, -0.1) is 0 Å². The van der Waals surface area contributed by atoms with Crippen LogP contribution in [0.5, 0.6) is 0 Å². The molecule has 0 spiro atoms. The van der Waals surface area contributed by atoms with Gasteiger partial charge in [-0.25, -0.2) is 4.57 Å². The molecule has 0 aromatic heterocycles. The molecule has 1 unspecified atom stereocenters. The zero-order chi connectivity index (χ0) is 35.4. The highest BCUT2D eigenvalue weighted by atomic mass is 31.2. The second kappa shape index (κ2) is 34.1. The molecular weight excluding hydrogens is 627 g/mol. The molecule has 0 aliphatic rings. The van der Waals surface area contributed by atoms with Crippen molar-refractivity contribution in [2.24, 2.45) is 0 Å². The summed E-state index contributed by atoms with van der Waals surface area (Å²) in [7, 11) is -4.77. The molecular formula is C39H63O8P. The highest BCUT2D eigenvalue weighted by Crippen LogP contribution is 2.35. The number of allylic oxidation sites excluding steroid dienone is 14. The van der Waals surface area contributed by atoms with Crippen LogP contribution >= 0.6 is 7.82 Å². The van der Waals surface area contributed by atoms with Crippen LogP contribution in [0.15, 0.2) is 85.1 Å². The molecule has 0 saturated heterocycles. The average molecular weight is 691 g/mol. The van der Waals surface area contributed by atoms with Crippen LogP contribution in [0.4, 0.5) is 0 Å². The Kier molecular flexibility index (Phi) is 32.1. The maximum absolute atomic E-state index is 12.3. The van der Waals surface area contributed by atoms with Crippen LogP contribution in [0.3, 0.4) is 0 Å². The molecule has 9 heteroatoms. The van der Waals surface area contributed by atoms with Gasteiger partial charge in [0.05, 0.1) is 6.61 Å². The monoisotopic (exact) mass is 690 g/mol. The first kappa shape index (κ1) is 45.2. The lowest BCUT2D eigenvalue weighted by atomic mass is 10.1. The Hall–Kier alpha value is -2.77. The molecule has 0 rings (SSSR count). The standard InChI is InChI=1S/C39H63O8P/c1-3-5-7-9-11-13-15-17-18-19-20-22-23-25-27-29-31-33-38(40)45-35-37(36-46-48(42,43)44)47-39(41)34-32-30-28-26-24-21-16-14-12-10-8-6-4-2/h6,8,10-14,16-18,20,22,25,27,37H,3-5,7,9,15,19,21,23-24,26,28-36H2,1-2H3,(H2,42,43,44)/b8-6+,12-10+,13-11+,16-14+,18-17+,22-20+,27-25+. The number of phosphoric acid groups is 1. The summed E-state index contributed by atoms with van der Waals surface area (Å²) in [5, 5.41) is 0. The minimum Gasteiger partial charge on any atom is -0.462 e. The van der Waals surface area contributed by atoms with Gasteiger partial charge >= 0.3 is 19.8 Å². The van der Waals surface area contributed by atoms with Gasteiger partial charge in [0.15, 0.2) is 6.10 Å². The Morgan fingerprint density at radius 3 is 1.73 bits per heavy atom. The molecule has 0 amide bonds. The molecule has 0 aromatic carbocycles. The number of rotatable bonds is 31. The fourth-order valence-corrected chi connectivity index (χ4v) is 4.66. The lowest BCUT2D eigenvalue weighted by Crippen LogP contribution is -2.29. The Morgan fingerprint density at radius 2 is 1.10 bits per heavy atom. The Bertz CT molecular complexity index is 1050. The number of unbranched alkanes of at least 4 members (excludes halogenated alkanes) is 9. The van der Waals surface area contributed by atoms with Gasteiger partial charge in [0.2, 0.25) is 0 Å². The van der Waals surface area contributed by atoms with E-state index < -0.39 is 32.5 Å². The van der Waals surface area contributed by atoms with E-state index in [0.717, 1.165) is 64.2 Å². The minimum atomic E-state index is -4.77.